The molecule has 0 aromatic heterocycles. The molecule has 1 aromatic rings. The van der Waals surface area contributed by atoms with Gasteiger partial charge >= 0.3 is 0 Å². The number of carbonyl (C=O) groups is 1. The monoisotopic (exact) mass is 347 g/mol. The molecule has 7 heteroatoms. The van der Waals surface area contributed by atoms with Gasteiger partial charge in [-0.2, -0.15) is 4.99 Å². The fraction of sp³-hybridized carbons (Fsp3) is 0.412. The fourth-order valence-corrected chi connectivity index (χ4v) is 3.99. The Balaban J connectivity index is 1.44. The van der Waals surface area contributed by atoms with Crippen LogP contribution in [0.1, 0.15) is 18.4 Å². The van der Waals surface area contributed by atoms with Gasteiger partial charge in [0.05, 0.1) is 4.91 Å². The third-order valence-electron chi connectivity index (χ3n) is 4.54. The van der Waals surface area contributed by atoms with E-state index in [4.69, 9.17) is 0 Å². The molecule has 1 amide bonds. The van der Waals surface area contributed by atoms with E-state index >= 15 is 0 Å². The Labute approximate surface area is 143 Å². The van der Waals surface area contributed by atoms with Crippen LogP contribution in [0.15, 0.2) is 28.1 Å². The van der Waals surface area contributed by atoms with Crippen molar-refractivity contribution >= 4 is 28.9 Å². The maximum Gasteiger partial charge on any atom is 0.286 e. The van der Waals surface area contributed by atoms with Gasteiger partial charge in [0.15, 0.2) is 5.17 Å². The summed E-state index contributed by atoms with van der Waals surface area (Å²) in [5.74, 6) is -0.990. The van der Waals surface area contributed by atoms with Gasteiger partial charge in [0.25, 0.3) is 5.91 Å². The average molecular weight is 347 g/mol. The van der Waals surface area contributed by atoms with Gasteiger partial charge in [0.1, 0.15) is 11.6 Å². The van der Waals surface area contributed by atoms with Crippen molar-refractivity contribution in [3.8, 4) is 5.75 Å². The van der Waals surface area contributed by atoms with Crippen LogP contribution in [0.2, 0.25) is 0 Å². The van der Waals surface area contributed by atoms with Gasteiger partial charge in [0, 0.05) is 43.9 Å². The number of aliphatic imine (C=N–C) groups is 1. The number of phenolic OH excluding ortho intramolecular Hbond substituents is 1. The van der Waals surface area contributed by atoms with Gasteiger partial charge in [-0.15, -0.1) is 0 Å². The number of amidine groups is 1. The van der Waals surface area contributed by atoms with Gasteiger partial charge in [-0.1, -0.05) is 0 Å². The molecule has 3 aliphatic rings. The summed E-state index contributed by atoms with van der Waals surface area (Å²) in [7, 11) is 0. The Morgan fingerprint density at radius 2 is 2.00 bits per heavy atom. The summed E-state index contributed by atoms with van der Waals surface area (Å²) >= 11 is 1.32. The van der Waals surface area contributed by atoms with Crippen LogP contribution in [-0.2, 0) is 4.79 Å². The van der Waals surface area contributed by atoms with E-state index in [1.165, 1.54) is 36.7 Å². The minimum atomic E-state index is -0.509. The molecule has 0 unspecified atom stereocenters. The lowest BCUT2D eigenvalue weighted by Crippen LogP contribution is -2.48. The van der Waals surface area contributed by atoms with E-state index in [2.05, 4.69) is 14.8 Å². The summed E-state index contributed by atoms with van der Waals surface area (Å²) in [6, 6.07) is 4.52. The Morgan fingerprint density at radius 3 is 2.67 bits per heavy atom. The first-order valence-corrected chi connectivity index (χ1v) is 8.92. The minimum absolute atomic E-state index is 0.178. The standard InChI is InChI=1S/C17H18FN3O2S/c18-12-2-1-11(14(22)10-12)9-15-16(23)19-17(24-15)21-7-5-20(6-8-21)13-3-4-13/h1-2,9-10,13,22H,3-8H2/b15-9-. The summed E-state index contributed by atoms with van der Waals surface area (Å²) in [5, 5.41) is 10.5. The molecule has 1 aromatic carbocycles. The number of halogens is 1. The minimum Gasteiger partial charge on any atom is -0.507 e. The zero-order valence-corrected chi connectivity index (χ0v) is 13.9. The highest BCUT2D eigenvalue weighted by Gasteiger charge is 2.33. The number of nitrogens with zero attached hydrogens (tertiary/aromatic N) is 3. The largest absolute Gasteiger partial charge is 0.507 e. The number of aromatic hydroxyl groups is 1. The molecule has 2 fully saturated rings. The molecule has 1 N–H and O–H groups in total. The number of thioether (sulfide) groups is 1. The number of hydrogen-bond donors (Lipinski definition) is 1. The smallest absolute Gasteiger partial charge is 0.286 e. The van der Waals surface area contributed by atoms with Gasteiger partial charge in [-0.3, -0.25) is 9.69 Å². The first-order valence-electron chi connectivity index (χ1n) is 8.10. The van der Waals surface area contributed by atoms with Gasteiger partial charge in [0.2, 0.25) is 0 Å². The Bertz CT molecular complexity index is 737. The van der Waals surface area contributed by atoms with Crippen LogP contribution < -0.4 is 0 Å². The molecular formula is C17H18FN3O2S. The zero-order chi connectivity index (χ0) is 16.7. The van der Waals surface area contributed by atoms with Crippen LogP contribution in [0.4, 0.5) is 4.39 Å². The molecule has 1 saturated carbocycles. The van der Waals surface area contributed by atoms with Crippen molar-refractivity contribution in [2.24, 2.45) is 4.99 Å². The number of piperazine rings is 1. The molecule has 0 bridgehead atoms. The van der Waals surface area contributed by atoms with Crippen molar-refractivity contribution in [1.82, 2.24) is 9.80 Å². The van der Waals surface area contributed by atoms with E-state index in [1.807, 2.05) is 0 Å². The number of rotatable bonds is 2. The average Bonchev–Trinajstić information content (AvgIpc) is 3.35. The van der Waals surface area contributed by atoms with Crippen molar-refractivity contribution < 1.29 is 14.3 Å². The molecule has 0 radical (unpaired) electrons. The summed E-state index contributed by atoms with van der Waals surface area (Å²) in [5.41, 5.74) is 0.419. The first-order chi connectivity index (χ1) is 11.6. The molecule has 1 saturated heterocycles. The second-order valence-electron chi connectivity index (χ2n) is 6.27. The quantitative estimate of drug-likeness (QED) is 0.832. The predicted molar refractivity (Wildman–Crippen MR) is 92.2 cm³/mol. The molecule has 4 rings (SSSR count). The third kappa shape index (κ3) is 3.18. The topological polar surface area (TPSA) is 56.1 Å². The van der Waals surface area contributed by atoms with Crippen molar-refractivity contribution in [2.45, 2.75) is 18.9 Å². The van der Waals surface area contributed by atoms with E-state index in [1.54, 1.807) is 6.08 Å². The summed E-state index contributed by atoms with van der Waals surface area (Å²) < 4.78 is 13.0. The third-order valence-corrected chi connectivity index (χ3v) is 5.58. The first kappa shape index (κ1) is 15.7. The van der Waals surface area contributed by atoms with Crippen LogP contribution >= 0.6 is 11.8 Å². The highest BCUT2D eigenvalue weighted by Crippen LogP contribution is 2.33. The lowest BCUT2D eigenvalue weighted by molar-refractivity contribution is -0.113. The van der Waals surface area contributed by atoms with E-state index < -0.39 is 5.82 Å². The molecule has 0 spiro atoms. The van der Waals surface area contributed by atoms with Crippen molar-refractivity contribution in [3.05, 3.63) is 34.5 Å². The SMILES string of the molecule is O=C1N=C(N2CCN(C3CC3)CC2)S/C1=C\c1ccc(F)cc1O. The molecular weight excluding hydrogens is 329 g/mol. The van der Waals surface area contributed by atoms with Crippen molar-refractivity contribution in [2.75, 3.05) is 26.2 Å². The zero-order valence-electron chi connectivity index (χ0n) is 13.1. The lowest BCUT2D eigenvalue weighted by atomic mass is 10.2. The van der Waals surface area contributed by atoms with Gasteiger partial charge in [-0.25, -0.2) is 4.39 Å². The Kier molecular flexibility index (Phi) is 4.05. The van der Waals surface area contributed by atoms with E-state index in [-0.39, 0.29) is 11.7 Å². The predicted octanol–water partition coefficient (Wildman–Crippen LogP) is 2.28. The number of phenols is 1. The maximum atomic E-state index is 13.0. The fourth-order valence-electron chi connectivity index (χ4n) is 3.03. The molecule has 2 aliphatic heterocycles. The van der Waals surface area contributed by atoms with Crippen LogP contribution in [-0.4, -0.2) is 58.2 Å². The van der Waals surface area contributed by atoms with E-state index in [0.29, 0.717) is 10.5 Å². The van der Waals surface area contributed by atoms with Gasteiger partial charge in [-0.05, 0) is 42.8 Å². The second-order valence-corrected chi connectivity index (χ2v) is 7.28. The molecule has 126 valence electrons. The Morgan fingerprint density at radius 1 is 1.25 bits per heavy atom. The number of hydrogen-bond acceptors (Lipinski definition) is 5. The van der Waals surface area contributed by atoms with Crippen molar-refractivity contribution in [1.29, 1.82) is 0 Å². The normalized spacial score (nSPS) is 23.9. The summed E-state index contributed by atoms with van der Waals surface area (Å²) in [6.45, 7) is 3.78. The highest BCUT2D eigenvalue weighted by atomic mass is 32.2. The van der Waals surface area contributed by atoms with Crippen molar-refractivity contribution in [3.63, 3.8) is 0 Å². The number of carbonyl (C=O) groups excluding carboxylic acids is 1. The molecule has 2 heterocycles. The maximum absolute atomic E-state index is 13.0. The molecule has 24 heavy (non-hydrogen) atoms. The summed E-state index contributed by atoms with van der Waals surface area (Å²) in [6.07, 6.45) is 4.18. The van der Waals surface area contributed by atoms with E-state index in [9.17, 15) is 14.3 Å². The van der Waals surface area contributed by atoms with Gasteiger partial charge < -0.3 is 10.0 Å². The molecule has 0 atom stereocenters. The van der Waals surface area contributed by atoms with Crippen LogP contribution in [0.5, 0.6) is 5.75 Å². The van der Waals surface area contributed by atoms with Crippen LogP contribution in [0, 0.1) is 5.82 Å². The van der Waals surface area contributed by atoms with Crippen LogP contribution in [0.3, 0.4) is 0 Å². The van der Waals surface area contributed by atoms with E-state index in [0.717, 1.165) is 43.5 Å². The molecule has 5 nitrogen and oxygen atoms in total. The highest BCUT2D eigenvalue weighted by molar-refractivity contribution is 8.18. The summed E-state index contributed by atoms with van der Waals surface area (Å²) in [4.78, 5) is 21.4. The second kappa shape index (κ2) is 6.22. The molecule has 1 aliphatic carbocycles. The number of amides is 1. The lowest BCUT2D eigenvalue weighted by Gasteiger charge is -2.35. The number of benzene rings is 1. The Hall–Kier alpha value is -1.86. The van der Waals surface area contributed by atoms with Crippen LogP contribution in [0.25, 0.3) is 6.08 Å².